The summed E-state index contributed by atoms with van der Waals surface area (Å²) in [5.41, 5.74) is 11.0. The summed E-state index contributed by atoms with van der Waals surface area (Å²) in [5.74, 6) is -1.01. The lowest BCUT2D eigenvalue weighted by molar-refractivity contribution is -0.149. The van der Waals surface area contributed by atoms with Gasteiger partial charge in [0.05, 0.1) is 19.7 Å². The number of methoxy groups -OCH3 is 1. The average molecular weight is 851 g/mol. The van der Waals surface area contributed by atoms with Gasteiger partial charge < -0.3 is 50.6 Å². The highest BCUT2D eigenvalue weighted by Gasteiger charge is 2.57. The van der Waals surface area contributed by atoms with Gasteiger partial charge in [-0.3, -0.25) is 23.5 Å². The van der Waals surface area contributed by atoms with E-state index in [2.05, 4.69) is 65.3 Å². The van der Waals surface area contributed by atoms with E-state index in [1.165, 1.54) is 16.8 Å². The summed E-state index contributed by atoms with van der Waals surface area (Å²) in [7, 11) is -3.85. The van der Waals surface area contributed by atoms with E-state index in [0.717, 1.165) is 17.4 Å². The molecule has 0 radical (unpaired) electrons. The Labute approximate surface area is 345 Å². The molecule has 1 aliphatic rings. The molecule has 1 aromatic heterocycles. The van der Waals surface area contributed by atoms with Gasteiger partial charge >= 0.3 is 11.7 Å². The Morgan fingerprint density at radius 2 is 1.50 bits per heavy atom. The van der Waals surface area contributed by atoms with Crippen LogP contribution in [0.4, 0.5) is 0 Å². The van der Waals surface area contributed by atoms with Crippen LogP contribution in [0.5, 0.6) is 5.75 Å². The van der Waals surface area contributed by atoms with Crippen molar-refractivity contribution in [1.82, 2.24) is 19.8 Å². The van der Waals surface area contributed by atoms with Crippen LogP contribution >= 0.6 is 0 Å². The molecule has 7 atom stereocenters. The fourth-order valence-corrected chi connectivity index (χ4v) is 8.70. The van der Waals surface area contributed by atoms with Gasteiger partial charge in [0.15, 0.2) is 22.9 Å². The summed E-state index contributed by atoms with van der Waals surface area (Å²) >= 11 is 0. The molecule has 16 nitrogen and oxygen atoms in total. The Kier molecular flexibility index (Phi) is 17.3. The quantitative estimate of drug-likeness (QED) is 0.0785. The van der Waals surface area contributed by atoms with Crippen molar-refractivity contribution in [3.05, 3.63) is 62.9 Å². The highest BCUT2D eigenvalue weighted by molar-refractivity contribution is 6.74. The second-order valence-corrected chi connectivity index (χ2v) is 27.8. The Balaban J connectivity index is 2.06. The number of aliphatic hydroxyl groups is 1. The minimum Gasteiger partial charge on any atom is -0.497 e. The van der Waals surface area contributed by atoms with Gasteiger partial charge in [0.1, 0.15) is 36.2 Å². The number of hydrogen-bond acceptors (Lipinski definition) is 12. The van der Waals surface area contributed by atoms with Crippen molar-refractivity contribution in [2.24, 2.45) is 11.5 Å². The fraction of sp³-hybridized carbons (Fsp3) is 0.700. The number of aromatic nitrogens is 2. The number of benzene rings is 1. The number of amides is 1. The van der Waals surface area contributed by atoms with Gasteiger partial charge in [-0.25, -0.2) is 4.79 Å². The number of nitrogens with zero attached hydrogens (tertiary/aromatic N) is 2. The molecule has 2 aromatic rings. The molecule has 0 aliphatic carbocycles. The first-order chi connectivity index (χ1) is 26.9. The van der Waals surface area contributed by atoms with E-state index in [0.29, 0.717) is 30.7 Å². The topological polar surface area (TPSA) is 232 Å². The number of carbonyl (C=O) groups excluding carboxylic acids is 1. The zero-order valence-electron chi connectivity index (χ0n) is 36.4. The molecular weight excluding hydrogens is 781 g/mol. The second kappa shape index (κ2) is 20.4. The third-order valence-electron chi connectivity index (χ3n) is 11.8. The van der Waals surface area contributed by atoms with Gasteiger partial charge in [0.25, 0.3) is 5.56 Å². The zero-order chi connectivity index (χ0) is 43.8. The lowest BCUT2D eigenvalue weighted by Gasteiger charge is -2.44. The largest absolute Gasteiger partial charge is 0.497 e. The van der Waals surface area contributed by atoms with Gasteiger partial charge in [-0.1, -0.05) is 60.1 Å². The first-order valence-electron chi connectivity index (χ1n) is 20.2. The summed E-state index contributed by atoms with van der Waals surface area (Å²) in [4.78, 5) is 52.9. The molecule has 1 fully saturated rings. The Bertz CT molecular complexity index is 1770. The van der Waals surface area contributed by atoms with Gasteiger partial charge in [0.2, 0.25) is 5.91 Å². The number of hydrogen-bond donors (Lipinski definition) is 6. The predicted molar refractivity (Wildman–Crippen MR) is 229 cm³/mol. The number of nitrogens with two attached hydrogens (primary N) is 2. The van der Waals surface area contributed by atoms with Gasteiger partial charge in [-0.15, -0.1) is 0 Å². The van der Waals surface area contributed by atoms with Crippen molar-refractivity contribution < 1.29 is 38.1 Å². The van der Waals surface area contributed by atoms with E-state index < -0.39 is 76.6 Å². The average Bonchev–Trinajstić information content (AvgIpc) is 3.45. The lowest BCUT2D eigenvalue weighted by atomic mass is 9.99. The molecule has 0 saturated carbocycles. The maximum Gasteiger partial charge on any atom is 0.333 e. The van der Waals surface area contributed by atoms with E-state index >= 15 is 0 Å². The molecule has 1 unspecified atom stereocenters. The zero-order valence-corrected chi connectivity index (χ0v) is 38.4. The minimum absolute atomic E-state index is 0.0371. The van der Waals surface area contributed by atoms with E-state index in [1.54, 1.807) is 31.4 Å². The van der Waals surface area contributed by atoms with Crippen LogP contribution in [0.25, 0.3) is 0 Å². The minimum atomic E-state index is -2.71. The number of aliphatic carboxylic acids is 1. The molecule has 58 heavy (non-hydrogen) atoms. The predicted octanol–water partition coefficient (Wildman–Crippen LogP) is 3.11. The number of nitrogens with one attached hydrogen (secondary N) is 2. The number of unbranched alkanes of at least 4 members (excludes halogenated alkanes) is 1. The van der Waals surface area contributed by atoms with Crippen LogP contribution in [0.3, 0.4) is 0 Å². The second-order valence-electron chi connectivity index (χ2n) is 18.3. The van der Waals surface area contributed by atoms with E-state index in [1.807, 2.05) is 13.1 Å². The summed E-state index contributed by atoms with van der Waals surface area (Å²) in [5, 5.41) is 27.7. The van der Waals surface area contributed by atoms with Crippen molar-refractivity contribution in [2.45, 2.75) is 153 Å². The number of carbonyl (C=O) groups is 2. The van der Waals surface area contributed by atoms with Crippen LogP contribution in [0.1, 0.15) is 79.0 Å². The smallest absolute Gasteiger partial charge is 0.333 e. The number of ether oxygens (including phenoxy) is 2. The lowest BCUT2D eigenvalue weighted by Crippen LogP contribution is -2.59. The molecule has 8 N–H and O–H groups in total. The molecule has 328 valence electrons. The number of carboxylic acids is 1. The van der Waals surface area contributed by atoms with Crippen LogP contribution in [0.2, 0.25) is 36.3 Å². The Hall–Kier alpha value is -3.21. The monoisotopic (exact) mass is 850 g/mol. The summed E-state index contributed by atoms with van der Waals surface area (Å²) < 4.78 is 28.4. The van der Waals surface area contributed by atoms with Crippen LogP contribution in [0, 0.1) is 0 Å². The highest BCUT2D eigenvalue weighted by Crippen LogP contribution is 2.46. The molecule has 1 aliphatic heterocycles. The number of rotatable bonds is 21. The fourth-order valence-electron chi connectivity index (χ4n) is 6.11. The first kappa shape index (κ1) is 49.2. The number of aliphatic hydroxyl groups excluding tert-OH is 1. The highest BCUT2D eigenvalue weighted by atomic mass is 28.4. The van der Waals surface area contributed by atoms with Crippen LogP contribution < -0.4 is 38.1 Å². The van der Waals surface area contributed by atoms with Crippen molar-refractivity contribution in [1.29, 1.82) is 0 Å². The molecule has 1 saturated heterocycles. The first-order valence-corrected chi connectivity index (χ1v) is 26.0. The van der Waals surface area contributed by atoms with Crippen LogP contribution in [-0.4, -0.2) is 111 Å². The van der Waals surface area contributed by atoms with Crippen LogP contribution in [0.15, 0.2) is 46.1 Å². The molecule has 0 bridgehead atoms. The SMILES string of the molecule is COc1ccc(Cn2c(=O)ccn([C@@H]3OC([C@H](O)[C@H](NCCCNC(=O)[C@@H](N)CCCCN)C(=O)O)[C@@H](O[Si](C)(C)C(C)(C)C)[C@H]3O[Si](C)(C)C(C)(C)C)c2=O)cc1. The van der Waals surface area contributed by atoms with Crippen LogP contribution in [-0.2, 0) is 29.7 Å². The maximum atomic E-state index is 14.4. The van der Waals surface area contributed by atoms with Crippen molar-refractivity contribution in [3.63, 3.8) is 0 Å². The Morgan fingerprint density at radius 3 is 2.03 bits per heavy atom. The standard InChI is InChI=1S/C40H70N6O10Si2/c1-39(2,3)57(8,9)55-33-32(31(48)30(37(50)51)43-22-14-23-44-35(49)28(42)15-12-13-21-41)54-36(34(33)56-58(10,11)40(4,5)6)45-24-20-29(47)46(38(45)52)25-26-16-18-27(53-7)19-17-26/h16-20,24,28,30-34,36,43,48H,12-15,21-23,25,41-42H2,1-11H3,(H,44,49)(H,50,51)/t28-,30-,31+,32?,33+,34+,36+/m0/s1. The molecule has 1 amide bonds. The van der Waals surface area contributed by atoms with Crippen molar-refractivity contribution >= 4 is 28.5 Å². The third kappa shape index (κ3) is 12.4. The molecule has 0 spiro atoms. The van der Waals surface area contributed by atoms with Gasteiger partial charge in [-0.05, 0) is 86.3 Å². The maximum absolute atomic E-state index is 14.4. The van der Waals surface area contributed by atoms with Crippen molar-refractivity contribution in [2.75, 3.05) is 26.7 Å². The summed E-state index contributed by atoms with van der Waals surface area (Å²) in [6, 6.07) is 6.08. The summed E-state index contributed by atoms with van der Waals surface area (Å²) in [6.07, 6.45) is -2.48. The normalized spacial score (nSPS) is 20.7. The van der Waals surface area contributed by atoms with E-state index in [4.69, 9.17) is 29.8 Å². The third-order valence-corrected chi connectivity index (χ3v) is 20.8. The molecule has 18 heteroatoms. The van der Waals surface area contributed by atoms with E-state index in [-0.39, 0.29) is 35.6 Å². The van der Waals surface area contributed by atoms with Gasteiger partial charge in [0, 0.05) is 18.8 Å². The van der Waals surface area contributed by atoms with Crippen molar-refractivity contribution in [3.8, 4) is 5.75 Å². The Morgan fingerprint density at radius 1 is 0.914 bits per heavy atom. The molecule has 2 heterocycles. The summed E-state index contributed by atoms with van der Waals surface area (Å²) in [6.45, 7) is 21.4. The molecular formula is C40H70N6O10Si2. The number of carboxylic acid groups (broad SMARTS) is 1. The molecule has 3 rings (SSSR count). The van der Waals surface area contributed by atoms with E-state index in [9.17, 15) is 29.4 Å². The molecule has 1 aromatic carbocycles. The van der Waals surface area contributed by atoms with Gasteiger partial charge in [-0.2, -0.15) is 0 Å².